The van der Waals surface area contributed by atoms with Gasteiger partial charge in [0.1, 0.15) is 12.4 Å². The molecule has 0 aliphatic heterocycles. The fraction of sp³-hybridized carbons (Fsp3) is 0.111. The van der Waals surface area contributed by atoms with Crippen molar-refractivity contribution in [1.29, 1.82) is 0 Å². The summed E-state index contributed by atoms with van der Waals surface area (Å²) in [7, 11) is -7.94. The molecule has 4 aromatic rings. The molecule has 9 nitrogen and oxygen atoms in total. The van der Waals surface area contributed by atoms with Crippen LogP contribution in [0.4, 0.5) is 17.2 Å². The normalized spacial score (nSPS) is 11.5. The van der Waals surface area contributed by atoms with Gasteiger partial charge >= 0.3 is 0 Å². The van der Waals surface area contributed by atoms with Gasteiger partial charge in [0.05, 0.1) is 15.5 Å². The van der Waals surface area contributed by atoms with Gasteiger partial charge in [0.2, 0.25) is 5.91 Å². The van der Waals surface area contributed by atoms with E-state index >= 15 is 0 Å². The smallest absolute Gasteiger partial charge is 0.264 e. The van der Waals surface area contributed by atoms with Crippen LogP contribution in [0.2, 0.25) is 0 Å². The van der Waals surface area contributed by atoms with Crippen LogP contribution in [-0.4, -0.2) is 34.3 Å². The lowest BCUT2D eigenvalue weighted by atomic mass is 10.1. The second-order valence-electron chi connectivity index (χ2n) is 8.56. The van der Waals surface area contributed by atoms with Gasteiger partial charge in [-0.25, -0.2) is 21.8 Å². The van der Waals surface area contributed by atoms with Crippen LogP contribution < -0.4 is 14.3 Å². The molecule has 11 heteroatoms. The highest BCUT2D eigenvalue weighted by Crippen LogP contribution is 2.26. The first-order valence-electron chi connectivity index (χ1n) is 11.5. The van der Waals surface area contributed by atoms with Crippen molar-refractivity contribution < 1.29 is 21.6 Å². The monoisotopic (exact) mass is 550 g/mol. The molecule has 0 saturated heterocycles. The molecule has 0 fully saturated rings. The number of nitrogens with zero attached hydrogens (tertiary/aromatic N) is 2. The Kier molecular flexibility index (Phi) is 7.79. The minimum atomic E-state index is -4.05. The van der Waals surface area contributed by atoms with Crippen LogP contribution in [0.5, 0.6) is 0 Å². The third-order valence-corrected chi connectivity index (χ3v) is 8.62. The summed E-state index contributed by atoms with van der Waals surface area (Å²) in [4.78, 5) is 17.0. The maximum atomic E-state index is 13.5. The van der Waals surface area contributed by atoms with E-state index in [1.807, 2.05) is 19.9 Å². The lowest BCUT2D eigenvalue weighted by Gasteiger charge is -2.25. The zero-order chi connectivity index (χ0) is 27.3. The lowest BCUT2D eigenvalue weighted by Crippen LogP contribution is -2.38. The number of amides is 1. The molecule has 0 aliphatic rings. The van der Waals surface area contributed by atoms with Gasteiger partial charge in [-0.1, -0.05) is 30.3 Å². The molecule has 0 aliphatic carbocycles. The summed E-state index contributed by atoms with van der Waals surface area (Å²) in [6.45, 7) is 3.21. The van der Waals surface area contributed by atoms with Crippen LogP contribution in [0, 0.1) is 13.8 Å². The van der Waals surface area contributed by atoms with Crippen molar-refractivity contribution in [1.82, 2.24) is 4.98 Å². The van der Waals surface area contributed by atoms with Crippen LogP contribution in [-0.2, 0) is 24.8 Å². The second kappa shape index (κ2) is 11.0. The van der Waals surface area contributed by atoms with Gasteiger partial charge in [-0.05, 0) is 85.6 Å². The van der Waals surface area contributed by atoms with E-state index in [1.165, 1.54) is 48.7 Å². The SMILES string of the molecule is Cc1cc(C)cc(N(CC(=O)Nc2ccc(S(=O)(=O)Nc3ccccn3)cc2)S(=O)(=O)c2ccccc2)c1. The first-order valence-corrected chi connectivity index (χ1v) is 14.5. The number of anilines is 3. The number of nitrogens with one attached hydrogen (secondary N) is 2. The Morgan fingerprint density at radius 1 is 0.789 bits per heavy atom. The Hall–Kier alpha value is -4.22. The molecule has 1 heterocycles. The van der Waals surface area contributed by atoms with Gasteiger partial charge in [0.25, 0.3) is 20.0 Å². The molecular weight excluding hydrogens is 524 g/mol. The minimum Gasteiger partial charge on any atom is -0.325 e. The molecule has 2 N–H and O–H groups in total. The molecule has 0 atom stereocenters. The molecule has 38 heavy (non-hydrogen) atoms. The fourth-order valence-electron chi connectivity index (χ4n) is 3.80. The number of aromatic nitrogens is 1. The summed E-state index contributed by atoms with van der Waals surface area (Å²) in [5.74, 6) is -0.415. The van der Waals surface area contributed by atoms with Gasteiger partial charge < -0.3 is 5.32 Å². The number of carbonyl (C=O) groups is 1. The van der Waals surface area contributed by atoms with Gasteiger partial charge in [-0.15, -0.1) is 0 Å². The quantitative estimate of drug-likeness (QED) is 0.320. The summed E-state index contributed by atoms with van der Waals surface area (Å²) in [5, 5.41) is 2.65. The topological polar surface area (TPSA) is 126 Å². The lowest BCUT2D eigenvalue weighted by molar-refractivity contribution is -0.114. The Morgan fingerprint density at radius 2 is 1.42 bits per heavy atom. The van der Waals surface area contributed by atoms with Gasteiger partial charge in [-0.2, -0.15) is 0 Å². The zero-order valence-electron chi connectivity index (χ0n) is 20.7. The van der Waals surface area contributed by atoms with Crippen LogP contribution in [0.25, 0.3) is 0 Å². The largest absolute Gasteiger partial charge is 0.325 e. The van der Waals surface area contributed by atoms with E-state index in [-0.39, 0.29) is 15.6 Å². The Morgan fingerprint density at radius 3 is 2.03 bits per heavy atom. The molecule has 0 spiro atoms. The molecule has 1 aromatic heterocycles. The summed E-state index contributed by atoms with van der Waals surface area (Å²) in [6.07, 6.45) is 1.47. The van der Waals surface area contributed by atoms with Gasteiger partial charge in [0.15, 0.2) is 0 Å². The van der Waals surface area contributed by atoms with E-state index < -0.39 is 32.5 Å². The molecule has 0 saturated carbocycles. The van der Waals surface area contributed by atoms with Crippen molar-refractivity contribution in [2.75, 3.05) is 20.9 Å². The number of carbonyl (C=O) groups excluding carboxylic acids is 1. The summed E-state index contributed by atoms with van der Waals surface area (Å²) >= 11 is 0. The number of pyridine rings is 1. The Labute approximate surface area is 222 Å². The number of hydrogen-bond donors (Lipinski definition) is 2. The van der Waals surface area contributed by atoms with E-state index in [4.69, 9.17) is 0 Å². The standard InChI is InChI=1S/C27H26N4O5S2/c1-20-16-21(2)18-23(17-20)31(38(35,36)25-8-4-3-5-9-25)19-27(32)29-22-11-13-24(14-12-22)37(33,34)30-26-10-6-7-15-28-26/h3-18H,19H2,1-2H3,(H,28,30)(H,29,32). The molecule has 0 bridgehead atoms. The van der Waals surface area contributed by atoms with Crippen molar-refractivity contribution in [2.24, 2.45) is 0 Å². The van der Waals surface area contributed by atoms with Crippen LogP contribution >= 0.6 is 0 Å². The van der Waals surface area contributed by atoms with Crippen LogP contribution in [0.3, 0.4) is 0 Å². The van der Waals surface area contributed by atoms with E-state index in [1.54, 1.807) is 42.5 Å². The minimum absolute atomic E-state index is 0.0235. The number of sulfonamides is 2. The summed E-state index contributed by atoms with van der Waals surface area (Å²) in [6, 6.07) is 23.6. The third kappa shape index (κ3) is 6.36. The van der Waals surface area contributed by atoms with E-state index in [0.717, 1.165) is 15.4 Å². The highest BCUT2D eigenvalue weighted by molar-refractivity contribution is 7.93. The maximum absolute atomic E-state index is 13.5. The number of hydrogen-bond acceptors (Lipinski definition) is 6. The molecule has 1 amide bonds. The van der Waals surface area contributed by atoms with Crippen molar-refractivity contribution in [2.45, 2.75) is 23.6 Å². The van der Waals surface area contributed by atoms with Crippen LogP contribution in [0.15, 0.2) is 107 Å². The zero-order valence-corrected chi connectivity index (χ0v) is 22.3. The summed E-state index contributed by atoms with van der Waals surface area (Å²) < 4.78 is 55.7. The average Bonchev–Trinajstić information content (AvgIpc) is 2.88. The van der Waals surface area contributed by atoms with Crippen molar-refractivity contribution in [3.05, 3.63) is 108 Å². The number of rotatable bonds is 9. The predicted octanol–water partition coefficient (Wildman–Crippen LogP) is 4.33. The van der Waals surface area contributed by atoms with Crippen molar-refractivity contribution in [3.63, 3.8) is 0 Å². The summed E-state index contributed by atoms with van der Waals surface area (Å²) in [5.41, 5.74) is 2.38. The van der Waals surface area contributed by atoms with Crippen molar-refractivity contribution in [3.8, 4) is 0 Å². The Bertz CT molecular complexity index is 1620. The van der Waals surface area contributed by atoms with E-state index in [2.05, 4.69) is 15.0 Å². The van der Waals surface area contributed by atoms with Gasteiger partial charge in [-0.3, -0.25) is 13.8 Å². The van der Waals surface area contributed by atoms with Gasteiger partial charge in [0, 0.05) is 11.9 Å². The highest BCUT2D eigenvalue weighted by atomic mass is 32.2. The maximum Gasteiger partial charge on any atom is 0.264 e. The number of benzene rings is 3. The number of aryl methyl sites for hydroxylation is 2. The third-order valence-electron chi connectivity index (χ3n) is 5.47. The fourth-order valence-corrected chi connectivity index (χ4v) is 6.23. The molecule has 196 valence electrons. The molecule has 3 aromatic carbocycles. The average molecular weight is 551 g/mol. The van der Waals surface area contributed by atoms with E-state index in [9.17, 15) is 21.6 Å². The molecule has 0 radical (unpaired) electrons. The van der Waals surface area contributed by atoms with Crippen LogP contribution in [0.1, 0.15) is 11.1 Å². The molecule has 4 rings (SSSR count). The Balaban J connectivity index is 1.55. The molecular formula is C27H26N4O5S2. The van der Waals surface area contributed by atoms with E-state index in [0.29, 0.717) is 11.4 Å². The molecule has 0 unspecified atom stereocenters. The second-order valence-corrected chi connectivity index (χ2v) is 12.1. The van der Waals surface area contributed by atoms with Crippen molar-refractivity contribution >= 4 is 43.1 Å². The first-order chi connectivity index (χ1) is 18.0. The first kappa shape index (κ1) is 26.8. The predicted molar refractivity (Wildman–Crippen MR) is 147 cm³/mol. The highest BCUT2D eigenvalue weighted by Gasteiger charge is 2.27.